The van der Waals surface area contributed by atoms with Gasteiger partial charge in [0.05, 0.1) is 0 Å². The third-order valence-electron chi connectivity index (χ3n) is 2.45. The van der Waals surface area contributed by atoms with Crippen molar-refractivity contribution in [1.29, 1.82) is 0 Å². The Morgan fingerprint density at radius 2 is 2.21 bits per heavy atom. The molecule has 0 unspecified atom stereocenters. The lowest BCUT2D eigenvalue weighted by molar-refractivity contribution is 0.0852. The number of nitrogens with zero attached hydrogens (tertiary/aromatic N) is 1. The quantitative estimate of drug-likeness (QED) is 0.718. The van der Waals surface area contributed by atoms with Crippen molar-refractivity contribution in [3.8, 4) is 0 Å². The number of rotatable bonds is 1. The second-order valence-corrected chi connectivity index (χ2v) is 3.72. The molecule has 76 valence electrons. The second-order valence-electron chi connectivity index (χ2n) is 3.34. The molecule has 5 heteroatoms. The zero-order valence-electron chi connectivity index (χ0n) is 7.62. The number of halogens is 1. The van der Waals surface area contributed by atoms with E-state index in [1.54, 1.807) is 6.20 Å². The molecule has 1 saturated heterocycles. The van der Waals surface area contributed by atoms with Crippen LogP contribution in [0.25, 0.3) is 0 Å². The van der Waals surface area contributed by atoms with Crippen molar-refractivity contribution in [3.05, 3.63) is 27.4 Å². The summed E-state index contributed by atoms with van der Waals surface area (Å²) in [6, 6.07) is 0. The van der Waals surface area contributed by atoms with E-state index in [1.165, 1.54) is 0 Å². The van der Waals surface area contributed by atoms with Crippen molar-refractivity contribution >= 4 is 11.6 Å². The molecule has 1 aromatic rings. The van der Waals surface area contributed by atoms with Crippen LogP contribution < -0.4 is 5.69 Å². The molecule has 0 aromatic carbocycles. The highest BCUT2D eigenvalue weighted by Crippen LogP contribution is 2.29. The molecule has 1 aromatic heterocycles. The Labute approximate surface area is 86.3 Å². The maximum atomic E-state index is 10.8. The minimum atomic E-state index is -0.397. The van der Waals surface area contributed by atoms with Crippen molar-refractivity contribution < 1.29 is 4.74 Å². The molecule has 2 rings (SSSR count). The molecule has 0 amide bonds. The molecule has 2 heterocycles. The molecule has 0 radical (unpaired) electrons. The van der Waals surface area contributed by atoms with Crippen LogP contribution in [0, 0.1) is 0 Å². The first kappa shape index (κ1) is 9.68. The lowest BCUT2D eigenvalue weighted by atomic mass is 9.94. The van der Waals surface area contributed by atoms with Crippen LogP contribution in [-0.4, -0.2) is 23.2 Å². The van der Waals surface area contributed by atoms with E-state index >= 15 is 0 Å². The van der Waals surface area contributed by atoms with Gasteiger partial charge >= 0.3 is 5.69 Å². The van der Waals surface area contributed by atoms with E-state index < -0.39 is 5.69 Å². The van der Waals surface area contributed by atoms with Gasteiger partial charge in [-0.1, -0.05) is 11.6 Å². The molecular weight excluding hydrogens is 204 g/mol. The number of hydrogen-bond donors (Lipinski definition) is 1. The highest BCUT2D eigenvalue weighted by molar-refractivity contribution is 6.30. The number of nitrogens with one attached hydrogen (secondary N) is 1. The first-order chi connectivity index (χ1) is 6.77. The average Bonchev–Trinajstić information content (AvgIpc) is 2.19. The van der Waals surface area contributed by atoms with E-state index in [1.807, 2.05) is 0 Å². The van der Waals surface area contributed by atoms with E-state index in [0.29, 0.717) is 11.1 Å². The van der Waals surface area contributed by atoms with E-state index in [0.717, 1.165) is 31.6 Å². The summed E-state index contributed by atoms with van der Waals surface area (Å²) < 4.78 is 5.25. The summed E-state index contributed by atoms with van der Waals surface area (Å²) >= 11 is 5.93. The smallest absolute Gasteiger partial charge is 0.346 e. The van der Waals surface area contributed by atoms with Gasteiger partial charge in [0.2, 0.25) is 0 Å². The second kappa shape index (κ2) is 4.11. The van der Waals surface area contributed by atoms with Gasteiger partial charge in [0.15, 0.2) is 0 Å². The molecule has 1 fully saturated rings. The van der Waals surface area contributed by atoms with E-state index in [2.05, 4.69) is 9.97 Å². The fourth-order valence-electron chi connectivity index (χ4n) is 1.68. The van der Waals surface area contributed by atoms with Crippen molar-refractivity contribution in [2.45, 2.75) is 18.8 Å². The van der Waals surface area contributed by atoms with Crippen LogP contribution in [0.3, 0.4) is 0 Å². The first-order valence-corrected chi connectivity index (χ1v) is 4.97. The summed E-state index contributed by atoms with van der Waals surface area (Å²) in [7, 11) is 0. The standard InChI is InChI=1S/C9H11ClN2O2/c10-8-7(5-11-9(13)12-8)6-1-3-14-4-2-6/h5-6H,1-4H2,(H,11,12,13). The Balaban J connectivity index is 2.26. The average molecular weight is 215 g/mol. The Hall–Kier alpha value is -0.870. The zero-order chi connectivity index (χ0) is 9.97. The maximum absolute atomic E-state index is 10.8. The Morgan fingerprint density at radius 1 is 1.50 bits per heavy atom. The largest absolute Gasteiger partial charge is 0.381 e. The van der Waals surface area contributed by atoms with Crippen LogP contribution in [-0.2, 0) is 4.74 Å². The van der Waals surface area contributed by atoms with Crippen LogP contribution >= 0.6 is 11.6 Å². The molecule has 0 saturated carbocycles. The van der Waals surface area contributed by atoms with Crippen LogP contribution in [0.15, 0.2) is 11.0 Å². The Morgan fingerprint density at radius 3 is 2.86 bits per heavy atom. The monoisotopic (exact) mass is 214 g/mol. The highest BCUT2D eigenvalue weighted by atomic mass is 35.5. The number of aromatic nitrogens is 2. The topological polar surface area (TPSA) is 55.0 Å². The third-order valence-corrected chi connectivity index (χ3v) is 2.76. The molecule has 0 bridgehead atoms. The Bertz CT molecular complexity index is 371. The molecule has 1 aliphatic rings. The van der Waals surface area contributed by atoms with Gasteiger partial charge in [0.1, 0.15) is 5.15 Å². The van der Waals surface area contributed by atoms with Crippen LogP contribution in [0.1, 0.15) is 24.3 Å². The molecule has 4 nitrogen and oxygen atoms in total. The van der Waals surface area contributed by atoms with Gasteiger partial charge < -0.3 is 4.74 Å². The SMILES string of the molecule is O=c1ncc(C2CCOCC2)c(Cl)[nH]1. The molecule has 1 aliphatic heterocycles. The molecule has 0 atom stereocenters. The van der Waals surface area contributed by atoms with Crippen LogP contribution in [0.2, 0.25) is 5.15 Å². The summed E-state index contributed by atoms with van der Waals surface area (Å²) in [4.78, 5) is 17.0. The maximum Gasteiger partial charge on any atom is 0.346 e. The fourth-order valence-corrected chi connectivity index (χ4v) is 1.96. The van der Waals surface area contributed by atoms with Crippen molar-refractivity contribution in [3.63, 3.8) is 0 Å². The van der Waals surface area contributed by atoms with E-state index in [-0.39, 0.29) is 0 Å². The molecule has 1 N–H and O–H groups in total. The summed E-state index contributed by atoms with van der Waals surface area (Å²) in [6.07, 6.45) is 3.44. The first-order valence-electron chi connectivity index (χ1n) is 4.60. The highest BCUT2D eigenvalue weighted by Gasteiger charge is 2.18. The van der Waals surface area contributed by atoms with Gasteiger partial charge in [-0.25, -0.2) is 9.78 Å². The Kier molecular flexibility index (Phi) is 2.84. The zero-order valence-corrected chi connectivity index (χ0v) is 8.38. The summed E-state index contributed by atoms with van der Waals surface area (Å²) in [5.41, 5.74) is 0.528. The lowest BCUT2D eigenvalue weighted by Gasteiger charge is -2.22. The van der Waals surface area contributed by atoms with E-state index in [4.69, 9.17) is 16.3 Å². The van der Waals surface area contributed by atoms with Gasteiger partial charge in [0, 0.05) is 25.0 Å². The third kappa shape index (κ3) is 1.96. The van der Waals surface area contributed by atoms with Gasteiger partial charge in [-0.15, -0.1) is 0 Å². The van der Waals surface area contributed by atoms with Crippen molar-refractivity contribution in [1.82, 2.24) is 9.97 Å². The number of hydrogen-bond acceptors (Lipinski definition) is 3. The van der Waals surface area contributed by atoms with E-state index in [9.17, 15) is 4.79 Å². The lowest BCUT2D eigenvalue weighted by Crippen LogP contribution is -2.18. The summed E-state index contributed by atoms with van der Waals surface area (Å²) in [5.74, 6) is 0.362. The molecule has 14 heavy (non-hydrogen) atoms. The predicted octanol–water partition coefficient (Wildman–Crippen LogP) is 1.32. The van der Waals surface area contributed by atoms with Gasteiger partial charge in [-0.3, -0.25) is 4.98 Å². The van der Waals surface area contributed by atoms with Gasteiger partial charge in [0.25, 0.3) is 0 Å². The van der Waals surface area contributed by atoms with Gasteiger partial charge in [-0.05, 0) is 18.8 Å². The molecule has 0 aliphatic carbocycles. The predicted molar refractivity (Wildman–Crippen MR) is 52.7 cm³/mol. The van der Waals surface area contributed by atoms with Gasteiger partial charge in [-0.2, -0.15) is 0 Å². The van der Waals surface area contributed by atoms with Crippen LogP contribution in [0.4, 0.5) is 0 Å². The minimum absolute atomic E-state index is 0.362. The van der Waals surface area contributed by atoms with Crippen molar-refractivity contribution in [2.24, 2.45) is 0 Å². The minimum Gasteiger partial charge on any atom is -0.381 e. The van der Waals surface area contributed by atoms with Crippen LogP contribution in [0.5, 0.6) is 0 Å². The molecular formula is C9H11ClN2O2. The van der Waals surface area contributed by atoms with Crippen molar-refractivity contribution in [2.75, 3.05) is 13.2 Å². The number of aromatic amines is 1. The fraction of sp³-hybridized carbons (Fsp3) is 0.556. The summed E-state index contributed by atoms with van der Waals surface area (Å²) in [6.45, 7) is 1.50. The number of H-pyrrole nitrogens is 1. The summed E-state index contributed by atoms with van der Waals surface area (Å²) in [5, 5.41) is 0.414. The molecule has 0 spiro atoms. The number of ether oxygens (including phenoxy) is 1. The normalized spacial score (nSPS) is 18.4.